The number of aryl methyl sites for hydroxylation is 1. The molecule has 1 unspecified atom stereocenters. The Bertz CT molecular complexity index is 600. The third-order valence-electron chi connectivity index (χ3n) is 6.30. The summed E-state index contributed by atoms with van der Waals surface area (Å²) < 4.78 is 11.4. The highest BCUT2D eigenvalue weighted by Gasteiger charge is 2.44. The minimum atomic E-state index is 0.181. The van der Waals surface area contributed by atoms with E-state index in [4.69, 9.17) is 9.15 Å². The van der Waals surface area contributed by atoms with Gasteiger partial charge >= 0.3 is 0 Å². The standard InChI is InChI=1S/C20H30N2O3/c1-15-2-5-17(25-15)13-22-9-6-20(7-10-22)8-11-24-14-18(20)21-19(23)12-16-3-4-16/h2,5,16,18H,3-4,6-14H2,1H3,(H,21,23). The van der Waals surface area contributed by atoms with Crippen molar-refractivity contribution in [3.63, 3.8) is 0 Å². The van der Waals surface area contributed by atoms with Crippen LogP contribution < -0.4 is 5.32 Å². The molecule has 5 heteroatoms. The van der Waals surface area contributed by atoms with E-state index in [1.807, 2.05) is 13.0 Å². The maximum absolute atomic E-state index is 12.3. The zero-order valence-electron chi connectivity index (χ0n) is 15.3. The first-order chi connectivity index (χ1) is 12.1. The quantitative estimate of drug-likeness (QED) is 0.891. The summed E-state index contributed by atoms with van der Waals surface area (Å²) in [5.74, 6) is 2.89. The van der Waals surface area contributed by atoms with Crippen molar-refractivity contribution in [2.45, 2.75) is 58.0 Å². The molecule has 1 aliphatic carbocycles. The van der Waals surface area contributed by atoms with Crippen molar-refractivity contribution in [3.05, 3.63) is 23.7 Å². The molecular weight excluding hydrogens is 316 g/mol. The molecule has 1 amide bonds. The van der Waals surface area contributed by atoms with Crippen LogP contribution in [0.15, 0.2) is 16.5 Å². The molecule has 1 aromatic rings. The summed E-state index contributed by atoms with van der Waals surface area (Å²) >= 11 is 0. The van der Waals surface area contributed by atoms with E-state index in [0.29, 0.717) is 18.9 Å². The summed E-state index contributed by atoms with van der Waals surface area (Å²) in [5, 5.41) is 3.32. The van der Waals surface area contributed by atoms with Crippen LogP contribution >= 0.6 is 0 Å². The number of rotatable bonds is 5. The number of nitrogens with one attached hydrogen (secondary N) is 1. The fraction of sp³-hybridized carbons (Fsp3) is 0.750. The lowest BCUT2D eigenvalue weighted by Gasteiger charge is -2.49. The lowest BCUT2D eigenvalue weighted by molar-refractivity contribution is -0.127. The second-order valence-electron chi connectivity index (χ2n) is 8.24. The first-order valence-corrected chi connectivity index (χ1v) is 9.78. The molecule has 1 spiro atoms. The van der Waals surface area contributed by atoms with Crippen molar-refractivity contribution in [1.29, 1.82) is 0 Å². The number of likely N-dealkylation sites (tertiary alicyclic amines) is 1. The van der Waals surface area contributed by atoms with Gasteiger partial charge in [-0.1, -0.05) is 0 Å². The van der Waals surface area contributed by atoms with Gasteiger partial charge in [-0.3, -0.25) is 9.69 Å². The summed E-state index contributed by atoms with van der Waals surface area (Å²) in [6, 6.07) is 4.29. The predicted molar refractivity (Wildman–Crippen MR) is 95.1 cm³/mol. The van der Waals surface area contributed by atoms with Gasteiger partial charge in [0.05, 0.1) is 19.2 Å². The Balaban J connectivity index is 1.34. The molecule has 5 nitrogen and oxygen atoms in total. The van der Waals surface area contributed by atoms with Gasteiger partial charge in [0.15, 0.2) is 0 Å². The summed E-state index contributed by atoms with van der Waals surface area (Å²) in [5.41, 5.74) is 0.215. The molecule has 138 valence electrons. The van der Waals surface area contributed by atoms with Gasteiger partial charge in [-0.25, -0.2) is 0 Å². The first-order valence-electron chi connectivity index (χ1n) is 9.78. The number of hydrogen-bond acceptors (Lipinski definition) is 4. The summed E-state index contributed by atoms with van der Waals surface area (Å²) in [4.78, 5) is 14.8. The zero-order chi connectivity index (χ0) is 17.3. The second-order valence-corrected chi connectivity index (χ2v) is 8.24. The van der Waals surface area contributed by atoms with E-state index in [1.165, 1.54) is 12.8 Å². The minimum Gasteiger partial charge on any atom is -0.465 e. The maximum Gasteiger partial charge on any atom is 0.220 e. The normalized spacial score (nSPS) is 26.7. The number of furan rings is 1. The predicted octanol–water partition coefficient (Wildman–Crippen LogP) is 2.88. The number of carbonyl (C=O) groups excluding carboxylic acids is 1. The van der Waals surface area contributed by atoms with E-state index >= 15 is 0 Å². The van der Waals surface area contributed by atoms with Gasteiger partial charge in [0.1, 0.15) is 11.5 Å². The van der Waals surface area contributed by atoms with E-state index in [0.717, 1.165) is 57.0 Å². The zero-order valence-corrected chi connectivity index (χ0v) is 15.3. The Morgan fingerprint density at radius 1 is 1.28 bits per heavy atom. The van der Waals surface area contributed by atoms with Crippen molar-refractivity contribution in [2.75, 3.05) is 26.3 Å². The first kappa shape index (κ1) is 17.1. The average molecular weight is 346 g/mol. The van der Waals surface area contributed by atoms with Crippen molar-refractivity contribution in [3.8, 4) is 0 Å². The summed E-state index contributed by atoms with van der Waals surface area (Å²) in [6.07, 6.45) is 6.47. The van der Waals surface area contributed by atoms with Crippen LogP contribution in [0.2, 0.25) is 0 Å². The number of amides is 1. The SMILES string of the molecule is Cc1ccc(CN2CCC3(CCOCC3NC(=O)CC3CC3)CC2)o1. The molecule has 3 heterocycles. The molecule has 0 radical (unpaired) electrons. The van der Waals surface area contributed by atoms with Crippen LogP contribution in [0.25, 0.3) is 0 Å². The number of nitrogens with zero attached hydrogens (tertiary/aromatic N) is 1. The Morgan fingerprint density at radius 2 is 2.08 bits per heavy atom. The van der Waals surface area contributed by atoms with Gasteiger partial charge < -0.3 is 14.5 Å². The Hall–Kier alpha value is -1.33. The fourth-order valence-corrected chi connectivity index (χ4v) is 4.41. The number of hydrogen-bond donors (Lipinski definition) is 1. The molecule has 0 bridgehead atoms. The topological polar surface area (TPSA) is 54.7 Å². The van der Waals surface area contributed by atoms with Crippen LogP contribution in [0.3, 0.4) is 0 Å². The van der Waals surface area contributed by atoms with E-state index in [9.17, 15) is 4.79 Å². The largest absolute Gasteiger partial charge is 0.465 e. The highest BCUT2D eigenvalue weighted by atomic mass is 16.5. The third-order valence-corrected chi connectivity index (χ3v) is 6.30. The molecule has 1 N–H and O–H groups in total. The molecule has 2 saturated heterocycles. The second kappa shape index (κ2) is 7.12. The molecule has 2 aliphatic heterocycles. The van der Waals surface area contributed by atoms with Crippen molar-refractivity contribution in [2.24, 2.45) is 11.3 Å². The minimum absolute atomic E-state index is 0.181. The third kappa shape index (κ3) is 4.09. The van der Waals surface area contributed by atoms with E-state index in [1.54, 1.807) is 0 Å². The highest BCUT2D eigenvalue weighted by molar-refractivity contribution is 5.77. The van der Waals surface area contributed by atoms with E-state index < -0.39 is 0 Å². The van der Waals surface area contributed by atoms with Crippen molar-refractivity contribution < 1.29 is 13.9 Å². The highest BCUT2D eigenvalue weighted by Crippen LogP contribution is 2.41. The molecule has 4 rings (SSSR count). The average Bonchev–Trinajstić information content (AvgIpc) is 3.32. The maximum atomic E-state index is 12.3. The van der Waals surface area contributed by atoms with Gasteiger partial charge in [-0.15, -0.1) is 0 Å². The molecule has 1 aromatic heterocycles. The van der Waals surface area contributed by atoms with Crippen LogP contribution in [0.5, 0.6) is 0 Å². The molecular formula is C20H30N2O3. The number of ether oxygens (including phenoxy) is 1. The number of carbonyl (C=O) groups is 1. The fourth-order valence-electron chi connectivity index (χ4n) is 4.41. The van der Waals surface area contributed by atoms with E-state index in [2.05, 4.69) is 16.3 Å². The van der Waals surface area contributed by atoms with E-state index in [-0.39, 0.29) is 17.4 Å². The van der Waals surface area contributed by atoms with Gasteiger partial charge in [0, 0.05) is 13.0 Å². The summed E-state index contributed by atoms with van der Waals surface area (Å²) in [6.45, 7) is 6.51. The van der Waals surface area contributed by atoms with Gasteiger partial charge in [0.25, 0.3) is 0 Å². The van der Waals surface area contributed by atoms with Gasteiger partial charge in [-0.2, -0.15) is 0 Å². The molecule has 3 aliphatic rings. The lowest BCUT2D eigenvalue weighted by Crippen LogP contribution is -2.57. The molecule has 1 atom stereocenters. The molecule has 1 saturated carbocycles. The van der Waals surface area contributed by atoms with Crippen molar-refractivity contribution >= 4 is 5.91 Å². The molecule has 25 heavy (non-hydrogen) atoms. The molecule has 3 fully saturated rings. The van der Waals surface area contributed by atoms with Crippen LogP contribution in [-0.4, -0.2) is 43.2 Å². The molecule has 0 aromatic carbocycles. The van der Waals surface area contributed by atoms with Gasteiger partial charge in [0.2, 0.25) is 5.91 Å². The Labute approximate surface area is 150 Å². The summed E-state index contributed by atoms with van der Waals surface area (Å²) in [7, 11) is 0. The Morgan fingerprint density at radius 3 is 2.76 bits per heavy atom. The van der Waals surface area contributed by atoms with Crippen LogP contribution in [-0.2, 0) is 16.1 Å². The van der Waals surface area contributed by atoms with Crippen LogP contribution in [0, 0.1) is 18.3 Å². The monoisotopic (exact) mass is 346 g/mol. The van der Waals surface area contributed by atoms with Crippen LogP contribution in [0.4, 0.5) is 0 Å². The smallest absolute Gasteiger partial charge is 0.220 e. The van der Waals surface area contributed by atoms with Crippen LogP contribution in [0.1, 0.15) is 50.0 Å². The Kier molecular flexibility index (Phi) is 4.87. The van der Waals surface area contributed by atoms with Gasteiger partial charge in [-0.05, 0) is 75.6 Å². The van der Waals surface area contributed by atoms with Crippen molar-refractivity contribution in [1.82, 2.24) is 10.2 Å². The number of piperidine rings is 1. The lowest BCUT2D eigenvalue weighted by atomic mass is 9.69.